The molecule has 2 aromatic rings. The Bertz CT molecular complexity index is 614. The fourth-order valence-electron chi connectivity index (χ4n) is 2.70. The molecule has 2 aromatic carbocycles. The van der Waals surface area contributed by atoms with Gasteiger partial charge in [0.25, 0.3) is 0 Å². The molecule has 2 heteroatoms. The Hall–Kier alpha value is -2.09. The first kappa shape index (κ1) is 12.0. The average Bonchev–Trinajstić information content (AvgIpc) is 2.79. The van der Waals surface area contributed by atoms with Crippen molar-refractivity contribution in [2.45, 2.75) is 25.4 Å². The van der Waals surface area contributed by atoms with Crippen molar-refractivity contribution < 1.29 is 9.53 Å². The van der Waals surface area contributed by atoms with Crippen LogP contribution in [0.5, 0.6) is 0 Å². The molecule has 3 rings (SSSR count). The van der Waals surface area contributed by atoms with Crippen molar-refractivity contribution in [3.63, 3.8) is 0 Å². The van der Waals surface area contributed by atoms with E-state index in [9.17, 15) is 4.79 Å². The average molecular weight is 252 g/mol. The molecule has 96 valence electrons. The van der Waals surface area contributed by atoms with Crippen LogP contribution in [0.1, 0.15) is 41.4 Å². The van der Waals surface area contributed by atoms with Crippen LogP contribution >= 0.6 is 0 Å². The Kier molecular flexibility index (Phi) is 2.67. The lowest BCUT2D eigenvalue weighted by Crippen LogP contribution is -2.27. The Labute approximate surface area is 113 Å². The van der Waals surface area contributed by atoms with Gasteiger partial charge in [-0.3, -0.25) is 0 Å². The number of carbonyl (C=O) groups is 1. The summed E-state index contributed by atoms with van der Waals surface area (Å²) in [5.41, 5.74) is 2.60. The van der Waals surface area contributed by atoms with E-state index < -0.39 is 0 Å². The number of hydrogen-bond acceptors (Lipinski definition) is 2. The molecule has 1 aliphatic heterocycles. The first-order valence-corrected chi connectivity index (χ1v) is 6.46. The van der Waals surface area contributed by atoms with Gasteiger partial charge in [0.2, 0.25) is 0 Å². The first-order valence-electron chi connectivity index (χ1n) is 6.46. The Morgan fingerprint density at radius 2 is 1.58 bits per heavy atom. The molecule has 0 spiro atoms. The van der Waals surface area contributed by atoms with Crippen LogP contribution in [0.3, 0.4) is 0 Å². The minimum Gasteiger partial charge on any atom is -0.453 e. The summed E-state index contributed by atoms with van der Waals surface area (Å²) in [5, 5.41) is 0. The van der Waals surface area contributed by atoms with Gasteiger partial charge in [0.1, 0.15) is 6.10 Å². The van der Waals surface area contributed by atoms with Crippen LogP contribution in [0.15, 0.2) is 54.6 Å². The molecular formula is C17H16O2. The Balaban J connectivity index is 2.07. The molecule has 2 nitrogen and oxygen atoms in total. The van der Waals surface area contributed by atoms with Crippen molar-refractivity contribution in [1.82, 2.24) is 0 Å². The molecular weight excluding hydrogens is 236 g/mol. The van der Waals surface area contributed by atoms with E-state index in [1.807, 2.05) is 42.5 Å². The normalized spacial score (nSPS) is 18.0. The van der Waals surface area contributed by atoms with E-state index in [0.29, 0.717) is 5.56 Å². The van der Waals surface area contributed by atoms with Crippen molar-refractivity contribution in [1.29, 1.82) is 0 Å². The number of esters is 1. The third kappa shape index (κ3) is 1.84. The van der Waals surface area contributed by atoms with E-state index >= 15 is 0 Å². The molecule has 1 atom stereocenters. The number of carbonyl (C=O) groups excluding carboxylic acids is 1. The summed E-state index contributed by atoms with van der Waals surface area (Å²) in [4.78, 5) is 11.9. The summed E-state index contributed by atoms with van der Waals surface area (Å²) >= 11 is 0. The van der Waals surface area contributed by atoms with Crippen LogP contribution < -0.4 is 0 Å². The van der Waals surface area contributed by atoms with E-state index in [1.54, 1.807) is 0 Å². The molecule has 0 bridgehead atoms. The summed E-state index contributed by atoms with van der Waals surface area (Å²) in [6.45, 7) is 4.23. The van der Waals surface area contributed by atoms with Crippen molar-refractivity contribution in [3.8, 4) is 0 Å². The highest BCUT2D eigenvalue weighted by Gasteiger charge is 2.42. The van der Waals surface area contributed by atoms with E-state index in [-0.39, 0.29) is 17.5 Å². The van der Waals surface area contributed by atoms with Crippen LogP contribution in [-0.2, 0) is 10.2 Å². The summed E-state index contributed by atoms with van der Waals surface area (Å²) in [7, 11) is 0. The molecule has 0 aromatic heterocycles. The summed E-state index contributed by atoms with van der Waals surface area (Å²) in [6, 6.07) is 17.8. The molecule has 0 saturated carbocycles. The quantitative estimate of drug-likeness (QED) is 0.758. The number of rotatable bonds is 2. The van der Waals surface area contributed by atoms with Gasteiger partial charge in [0.05, 0.1) is 5.56 Å². The van der Waals surface area contributed by atoms with Crippen LogP contribution in [0.2, 0.25) is 0 Å². The zero-order chi connectivity index (χ0) is 13.5. The number of cyclic esters (lactones) is 1. The molecule has 0 fully saturated rings. The van der Waals surface area contributed by atoms with Crippen molar-refractivity contribution in [2.24, 2.45) is 0 Å². The topological polar surface area (TPSA) is 26.3 Å². The van der Waals surface area contributed by atoms with E-state index in [4.69, 9.17) is 4.74 Å². The second kappa shape index (κ2) is 4.23. The van der Waals surface area contributed by atoms with Crippen molar-refractivity contribution in [3.05, 3.63) is 71.3 Å². The van der Waals surface area contributed by atoms with Crippen LogP contribution in [0.25, 0.3) is 0 Å². The van der Waals surface area contributed by atoms with E-state index in [1.165, 1.54) is 5.56 Å². The van der Waals surface area contributed by atoms with Crippen molar-refractivity contribution in [2.75, 3.05) is 0 Å². The standard InChI is InChI=1S/C17H16O2/c1-17(2,12-8-4-3-5-9-12)15-13-10-6-7-11-14(13)16(18)19-15/h3-11,15H,1-2H3. The summed E-state index contributed by atoms with van der Waals surface area (Å²) < 4.78 is 5.61. The highest BCUT2D eigenvalue weighted by molar-refractivity contribution is 5.94. The third-order valence-corrected chi connectivity index (χ3v) is 3.86. The minimum absolute atomic E-state index is 0.218. The van der Waals surface area contributed by atoms with Gasteiger partial charge in [-0.25, -0.2) is 4.79 Å². The SMILES string of the molecule is CC(C)(c1ccccc1)C1OC(=O)c2ccccc21. The molecule has 1 heterocycles. The van der Waals surface area contributed by atoms with Crippen LogP contribution in [-0.4, -0.2) is 5.97 Å². The maximum Gasteiger partial charge on any atom is 0.339 e. The predicted molar refractivity (Wildman–Crippen MR) is 74.1 cm³/mol. The van der Waals surface area contributed by atoms with Gasteiger partial charge in [0.15, 0.2) is 0 Å². The largest absolute Gasteiger partial charge is 0.453 e. The highest BCUT2D eigenvalue weighted by Crippen LogP contribution is 2.44. The lowest BCUT2D eigenvalue weighted by atomic mass is 9.76. The van der Waals surface area contributed by atoms with Gasteiger partial charge in [-0.15, -0.1) is 0 Å². The zero-order valence-electron chi connectivity index (χ0n) is 11.1. The maximum absolute atomic E-state index is 11.9. The molecule has 1 aliphatic rings. The van der Waals surface area contributed by atoms with E-state index in [2.05, 4.69) is 26.0 Å². The first-order chi connectivity index (χ1) is 9.10. The van der Waals surface area contributed by atoms with Crippen LogP contribution in [0.4, 0.5) is 0 Å². The lowest BCUT2D eigenvalue weighted by molar-refractivity contribution is 0.0210. The fourth-order valence-corrected chi connectivity index (χ4v) is 2.70. The molecule has 0 radical (unpaired) electrons. The number of fused-ring (bicyclic) bond motifs is 1. The molecule has 0 saturated heterocycles. The highest BCUT2D eigenvalue weighted by atomic mass is 16.5. The van der Waals surface area contributed by atoms with Gasteiger partial charge >= 0.3 is 5.97 Å². The Morgan fingerprint density at radius 1 is 0.947 bits per heavy atom. The number of benzene rings is 2. The summed E-state index contributed by atoms with van der Waals surface area (Å²) in [6.07, 6.45) is -0.224. The van der Waals surface area contributed by atoms with Gasteiger partial charge in [0, 0.05) is 11.0 Å². The van der Waals surface area contributed by atoms with Gasteiger partial charge < -0.3 is 4.74 Å². The molecule has 0 N–H and O–H groups in total. The number of hydrogen-bond donors (Lipinski definition) is 0. The zero-order valence-corrected chi connectivity index (χ0v) is 11.1. The third-order valence-electron chi connectivity index (χ3n) is 3.86. The van der Waals surface area contributed by atoms with Gasteiger partial charge in [-0.1, -0.05) is 62.4 Å². The second-order valence-electron chi connectivity index (χ2n) is 5.46. The van der Waals surface area contributed by atoms with Gasteiger partial charge in [-0.2, -0.15) is 0 Å². The predicted octanol–water partition coefficient (Wildman–Crippen LogP) is 3.88. The Morgan fingerprint density at radius 3 is 2.32 bits per heavy atom. The monoisotopic (exact) mass is 252 g/mol. The molecule has 0 amide bonds. The van der Waals surface area contributed by atoms with Crippen molar-refractivity contribution >= 4 is 5.97 Å². The lowest BCUT2D eigenvalue weighted by Gasteiger charge is -2.31. The second-order valence-corrected chi connectivity index (χ2v) is 5.46. The van der Waals surface area contributed by atoms with Crippen LogP contribution in [0, 0.1) is 0 Å². The number of ether oxygens (including phenoxy) is 1. The minimum atomic E-state index is -0.247. The summed E-state index contributed by atoms with van der Waals surface area (Å²) in [5.74, 6) is -0.218. The fraction of sp³-hybridized carbons (Fsp3) is 0.235. The van der Waals surface area contributed by atoms with Gasteiger partial charge in [-0.05, 0) is 11.6 Å². The molecule has 19 heavy (non-hydrogen) atoms. The molecule has 1 unspecified atom stereocenters. The van der Waals surface area contributed by atoms with E-state index in [0.717, 1.165) is 5.56 Å². The smallest absolute Gasteiger partial charge is 0.339 e. The molecule has 0 aliphatic carbocycles. The maximum atomic E-state index is 11.9.